The average molecular weight is 421 g/mol. The number of benzene rings is 1. The van der Waals surface area contributed by atoms with E-state index in [2.05, 4.69) is 37.8 Å². The first-order valence-corrected chi connectivity index (χ1v) is 11.3. The van der Waals surface area contributed by atoms with Crippen molar-refractivity contribution in [3.63, 3.8) is 0 Å². The summed E-state index contributed by atoms with van der Waals surface area (Å²) >= 11 is 0. The van der Waals surface area contributed by atoms with Crippen LogP contribution in [0.4, 0.5) is 0 Å². The molecule has 3 fully saturated rings. The first-order valence-electron chi connectivity index (χ1n) is 11.3. The Morgan fingerprint density at radius 2 is 1.87 bits per heavy atom. The number of aryl methyl sites for hydroxylation is 1. The molecule has 0 saturated carbocycles. The highest BCUT2D eigenvalue weighted by Crippen LogP contribution is 2.31. The predicted octanol–water partition coefficient (Wildman–Crippen LogP) is 3.92. The molecule has 3 saturated heterocycles. The minimum Gasteiger partial charge on any atom is -0.473 e. The third-order valence-corrected chi connectivity index (χ3v) is 6.67. The Balaban J connectivity index is 1.45. The highest BCUT2D eigenvalue weighted by molar-refractivity contribution is 5.82. The second-order valence-electron chi connectivity index (χ2n) is 10.3. The van der Waals surface area contributed by atoms with E-state index in [4.69, 9.17) is 9.72 Å². The highest BCUT2D eigenvalue weighted by atomic mass is 16.5. The Morgan fingerprint density at radius 1 is 1.10 bits per heavy atom. The molecule has 1 aromatic carbocycles. The summed E-state index contributed by atoms with van der Waals surface area (Å²) in [4.78, 5) is 20.1. The van der Waals surface area contributed by atoms with Crippen LogP contribution in [0.5, 0.6) is 5.88 Å². The Hall–Kier alpha value is -2.60. The van der Waals surface area contributed by atoms with Gasteiger partial charge in [0, 0.05) is 31.8 Å². The highest BCUT2D eigenvalue weighted by Gasteiger charge is 2.35. The molecule has 2 aromatic heterocycles. The van der Waals surface area contributed by atoms with Crippen LogP contribution in [0.1, 0.15) is 33.6 Å². The van der Waals surface area contributed by atoms with Gasteiger partial charge in [-0.15, -0.1) is 0 Å². The number of rotatable bonds is 4. The van der Waals surface area contributed by atoms with E-state index in [1.807, 2.05) is 35.9 Å². The van der Waals surface area contributed by atoms with E-state index >= 15 is 0 Å². The number of hydrogen-bond donors (Lipinski definition) is 0. The summed E-state index contributed by atoms with van der Waals surface area (Å²) in [5.74, 6) is 1.33. The number of pyridine rings is 1. The number of nitrogens with zero attached hydrogens (tertiary/aromatic N) is 4. The van der Waals surface area contributed by atoms with Crippen LogP contribution in [0.25, 0.3) is 22.3 Å². The Bertz CT molecular complexity index is 1160. The number of hydrogen-bond acceptors (Lipinski definition) is 4. The van der Waals surface area contributed by atoms with Crippen molar-refractivity contribution in [1.29, 1.82) is 0 Å². The number of ether oxygens (including phenoxy) is 1. The van der Waals surface area contributed by atoms with Crippen LogP contribution in [0.3, 0.4) is 0 Å². The molecular formula is C25H32N4O2. The molecule has 0 radical (unpaired) electrons. The monoisotopic (exact) mass is 420 g/mol. The zero-order valence-corrected chi connectivity index (χ0v) is 19.0. The van der Waals surface area contributed by atoms with Crippen molar-refractivity contribution in [2.75, 3.05) is 19.6 Å². The summed E-state index contributed by atoms with van der Waals surface area (Å²) in [6.45, 7) is 10.5. The SMILES string of the molecule is Cn1c(=O)n(CC(C)(C)C)c2ccc(-c3cccc(OC4CN5CCC4CC5)n3)cc21. The van der Waals surface area contributed by atoms with Gasteiger partial charge in [-0.2, -0.15) is 0 Å². The first-order chi connectivity index (χ1) is 14.8. The van der Waals surface area contributed by atoms with Crippen LogP contribution in [0.2, 0.25) is 0 Å². The van der Waals surface area contributed by atoms with E-state index in [1.165, 1.54) is 25.9 Å². The maximum atomic E-state index is 12.8. The first kappa shape index (κ1) is 20.3. The van der Waals surface area contributed by atoms with Crippen molar-refractivity contribution in [1.82, 2.24) is 19.0 Å². The Kier molecular flexibility index (Phi) is 4.93. The van der Waals surface area contributed by atoms with Gasteiger partial charge in [0.2, 0.25) is 5.88 Å². The lowest BCUT2D eigenvalue weighted by atomic mass is 9.86. The quantitative estimate of drug-likeness (QED) is 0.642. The standard InChI is InChI=1S/C25H32N4O2/c1-25(2,3)16-29-20-9-8-18(14-21(20)27(4)24(29)30)19-6-5-7-23(26-19)31-22-15-28-12-10-17(22)11-13-28/h5-9,14,17,22H,10-13,15-16H2,1-4H3. The van der Waals surface area contributed by atoms with E-state index < -0.39 is 0 Å². The number of piperidine rings is 3. The lowest BCUT2D eigenvalue weighted by Gasteiger charge is -2.44. The molecule has 5 heterocycles. The van der Waals surface area contributed by atoms with Crippen LogP contribution in [-0.2, 0) is 13.6 Å². The number of aromatic nitrogens is 3. The zero-order valence-electron chi connectivity index (χ0n) is 19.0. The van der Waals surface area contributed by atoms with Gasteiger partial charge in [-0.05, 0) is 55.5 Å². The topological polar surface area (TPSA) is 52.3 Å². The van der Waals surface area contributed by atoms with Gasteiger partial charge in [-0.3, -0.25) is 14.0 Å². The van der Waals surface area contributed by atoms with E-state index in [0.29, 0.717) is 18.3 Å². The molecule has 6 rings (SSSR count). The van der Waals surface area contributed by atoms with E-state index in [-0.39, 0.29) is 17.2 Å². The van der Waals surface area contributed by atoms with Crippen LogP contribution in [-0.4, -0.2) is 44.8 Å². The second kappa shape index (κ2) is 7.52. The lowest BCUT2D eigenvalue weighted by Crippen LogP contribution is -2.52. The van der Waals surface area contributed by atoms with Gasteiger partial charge in [0.1, 0.15) is 6.10 Å². The molecule has 6 heteroatoms. The molecule has 0 amide bonds. The summed E-state index contributed by atoms with van der Waals surface area (Å²) in [5, 5.41) is 0. The molecule has 0 spiro atoms. The van der Waals surface area contributed by atoms with Crippen molar-refractivity contribution >= 4 is 11.0 Å². The van der Waals surface area contributed by atoms with Gasteiger partial charge >= 0.3 is 5.69 Å². The lowest BCUT2D eigenvalue weighted by molar-refractivity contribution is -0.00987. The van der Waals surface area contributed by atoms with Crippen molar-refractivity contribution in [3.05, 3.63) is 46.9 Å². The van der Waals surface area contributed by atoms with Crippen molar-refractivity contribution in [2.45, 2.75) is 46.3 Å². The fourth-order valence-electron chi connectivity index (χ4n) is 5.03. The summed E-state index contributed by atoms with van der Waals surface area (Å²) in [6.07, 6.45) is 2.68. The second-order valence-corrected chi connectivity index (χ2v) is 10.3. The van der Waals surface area contributed by atoms with Crippen molar-refractivity contribution in [2.24, 2.45) is 18.4 Å². The summed E-state index contributed by atoms with van der Waals surface area (Å²) in [7, 11) is 1.84. The molecule has 3 aliphatic rings. The van der Waals surface area contributed by atoms with Gasteiger partial charge in [0.05, 0.1) is 16.7 Å². The fourth-order valence-corrected chi connectivity index (χ4v) is 5.03. The molecule has 0 aliphatic carbocycles. The van der Waals surface area contributed by atoms with E-state index in [1.54, 1.807) is 4.57 Å². The van der Waals surface area contributed by atoms with Gasteiger partial charge < -0.3 is 4.74 Å². The normalized spacial score (nSPS) is 23.4. The van der Waals surface area contributed by atoms with Crippen LogP contribution in [0.15, 0.2) is 41.2 Å². The third-order valence-electron chi connectivity index (χ3n) is 6.67. The molecule has 31 heavy (non-hydrogen) atoms. The molecular weight excluding hydrogens is 388 g/mol. The third kappa shape index (κ3) is 3.89. The molecule has 1 unspecified atom stereocenters. The number of fused-ring (bicyclic) bond motifs is 4. The fraction of sp³-hybridized carbons (Fsp3) is 0.520. The van der Waals surface area contributed by atoms with Gasteiger partial charge in [0.15, 0.2) is 0 Å². The largest absolute Gasteiger partial charge is 0.473 e. The van der Waals surface area contributed by atoms with E-state index in [0.717, 1.165) is 28.8 Å². The van der Waals surface area contributed by atoms with Crippen molar-refractivity contribution in [3.8, 4) is 17.1 Å². The molecule has 3 aliphatic heterocycles. The summed E-state index contributed by atoms with van der Waals surface area (Å²) < 4.78 is 9.94. The molecule has 6 nitrogen and oxygen atoms in total. The number of imidazole rings is 1. The molecule has 3 aromatic rings. The Morgan fingerprint density at radius 3 is 2.55 bits per heavy atom. The van der Waals surface area contributed by atoms with Crippen LogP contribution < -0.4 is 10.4 Å². The molecule has 2 bridgehead atoms. The molecule has 1 atom stereocenters. The maximum absolute atomic E-state index is 12.8. The summed E-state index contributed by atoms with van der Waals surface area (Å²) in [5.41, 5.74) is 3.81. The molecule has 0 N–H and O–H groups in total. The van der Waals surface area contributed by atoms with Gasteiger partial charge in [-0.25, -0.2) is 9.78 Å². The van der Waals surface area contributed by atoms with Crippen LogP contribution >= 0.6 is 0 Å². The predicted molar refractivity (Wildman–Crippen MR) is 123 cm³/mol. The average Bonchev–Trinajstić information content (AvgIpc) is 2.98. The minimum atomic E-state index is 0.0227. The molecule has 164 valence electrons. The minimum absolute atomic E-state index is 0.0227. The zero-order chi connectivity index (χ0) is 21.8. The van der Waals surface area contributed by atoms with Crippen LogP contribution in [0, 0.1) is 11.3 Å². The van der Waals surface area contributed by atoms with Gasteiger partial charge in [0.25, 0.3) is 0 Å². The smallest absolute Gasteiger partial charge is 0.328 e. The van der Waals surface area contributed by atoms with Crippen molar-refractivity contribution < 1.29 is 4.74 Å². The maximum Gasteiger partial charge on any atom is 0.328 e. The van der Waals surface area contributed by atoms with Gasteiger partial charge in [-0.1, -0.05) is 32.9 Å². The van der Waals surface area contributed by atoms with E-state index in [9.17, 15) is 4.79 Å². The summed E-state index contributed by atoms with van der Waals surface area (Å²) in [6, 6.07) is 12.1. The Labute approximate surface area is 183 Å².